The summed E-state index contributed by atoms with van der Waals surface area (Å²) in [6, 6.07) is 6.20. The lowest BCUT2D eigenvalue weighted by molar-refractivity contribution is -0.151. The third-order valence-electron chi connectivity index (χ3n) is 3.69. The molecule has 1 fully saturated rings. The van der Waals surface area contributed by atoms with Crippen LogP contribution in [-0.4, -0.2) is 43.2 Å². The van der Waals surface area contributed by atoms with Crippen LogP contribution < -0.4 is 5.32 Å². The van der Waals surface area contributed by atoms with Gasteiger partial charge in [0, 0.05) is 25.7 Å². The minimum Gasteiger partial charge on any atom is -0.465 e. The normalized spacial score (nSPS) is 21.4. The number of rotatable bonds is 4. The topological polar surface area (TPSA) is 41.6 Å². The molecule has 2 rings (SSSR count). The summed E-state index contributed by atoms with van der Waals surface area (Å²) in [6.07, 6.45) is 0. The first kappa shape index (κ1) is 14.9. The van der Waals surface area contributed by atoms with Crippen LogP contribution in [-0.2, 0) is 9.53 Å². The molecule has 1 heterocycles. The SMILES string of the molecule is CCOC(=O)C1CNCCN1C(C)c1ccc(F)cc1. The zero-order chi connectivity index (χ0) is 14.5. The van der Waals surface area contributed by atoms with Gasteiger partial charge in [-0.25, -0.2) is 4.39 Å². The zero-order valence-corrected chi connectivity index (χ0v) is 11.9. The Bertz CT molecular complexity index is 450. The van der Waals surface area contributed by atoms with E-state index in [4.69, 9.17) is 4.74 Å². The molecule has 110 valence electrons. The lowest BCUT2D eigenvalue weighted by Gasteiger charge is -2.38. The Hall–Kier alpha value is -1.46. The van der Waals surface area contributed by atoms with Crippen molar-refractivity contribution in [2.24, 2.45) is 0 Å². The van der Waals surface area contributed by atoms with Gasteiger partial charge in [0.15, 0.2) is 0 Å². The number of carbonyl (C=O) groups is 1. The van der Waals surface area contributed by atoms with E-state index < -0.39 is 0 Å². The van der Waals surface area contributed by atoms with Gasteiger partial charge in [0.25, 0.3) is 0 Å². The number of hydrogen-bond donors (Lipinski definition) is 1. The van der Waals surface area contributed by atoms with Crippen LogP contribution in [0, 0.1) is 5.82 Å². The van der Waals surface area contributed by atoms with E-state index in [0.29, 0.717) is 13.2 Å². The number of esters is 1. The van der Waals surface area contributed by atoms with Gasteiger partial charge in [0.1, 0.15) is 11.9 Å². The Morgan fingerprint density at radius 2 is 2.20 bits per heavy atom. The number of piperazine rings is 1. The molecule has 1 aromatic carbocycles. The molecule has 20 heavy (non-hydrogen) atoms. The zero-order valence-electron chi connectivity index (χ0n) is 11.9. The van der Waals surface area contributed by atoms with Crippen molar-refractivity contribution >= 4 is 5.97 Å². The maximum atomic E-state index is 13.0. The predicted molar refractivity (Wildman–Crippen MR) is 74.8 cm³/mol. The number of nitrogens with zero attached hydrogens (tertiary/aromatic N) is 1. The minimum atomic E-state index is -0.288. The van der Waals surface area contributed by atoms with E-state index in [0.717, 1.165) is 18.7 Å². The molecule has 2 atom stereocenters. The van der Waals surface area contributed by atoms with E-state index in [9.17, 15) is 9.18 Å². The smallest absolute Gasteiger partial charge is 0.324 e. The van der Waals surface area contributed by atoms with Crippen molar-refractivity contribution in [3.05, 3.63) is 35.6 Å². The fraction of sp³-hybridized carbons (Fsp3) is 0.533. The fourth-order valence-electron chi connectivity index (χ4n) is 2.57. The highest BCUT2D eigenvalue weighted by Gasteiger charge is 2.33. The first-order valence-corrected chi connectivity index (χ1v) is 7.02. The van der Waals surface area contributed by atoms with Gasteiger partial charge in [-0.2, -0.15) is 0 Å². The van der Waals surface area contributed by atoms with Crippen molar-refractivity contribution in [3.8, 4) is 0 Å². The van der Waals surface area contributed by atoms with E-state index >= 15 is 0 Å². The maximum absolute atomic E-state index is 13.0. The molecule has 2 unspecified atom stereocenters. The molecule has 1 aliphatic heterocycles. The van der Waals surface area contributed by atoms with E-state index in [-0.39, 0.29) is 23.9 Å². The lowest BCUT2D eigenvalue weighted by atomic mass is 10.0. The summed E-state index contributed by atoms with van der Waals surface area (Å²) in [6.45, 7) is 6.41. The largest absolute Gasteiger partial charge is 0.465 e. The standard InChI is InChI=1S/C15H21FN2O2/c1-3-20-15(19)14-10-17-8-9-18(14)11(2)12-4-6-13(16)7-5-12/h4-7,11,14,17H,3,8-10H2,1-2H3. The summed E-state index contributed by atoms with van der Waals surface area (Å²) in [7, 11) is 0. The van der Waals surface area contributed by atoms with Crippen LogP contribution in [0.4, 0.5) is 4.39 Å². The number of halogens is 1. The lowest BCUT2D eigenvalue weighted by Crippen LogP contribution is -2.55. The fourth-order valence-corrected chi connectivity index (χ4v) is 2.57. The van der Waals surface area contributed by atoms with Crippen molar-refractivity contribution in [3.63, 3.8) is 0 Å². The highest BCUT2D eigenvalue weighted by Crippen LogP contribution is 2.24. The molecule has 1 aromatic rings. The second-order valence-electron chi connectivity index (χ2n) is 4.94. The van der Waals surface area contributed by atoms with Crippen molar-refractivity contribution in [1.82, 2.24) is 10.2 Å². The summed E-state index contributed by atoms with van der Waals surface area (Å²) in [5.41, 5.74) is 1.00. The first-order chi connectivity index (χ1) is 9.63. The highest BCUT2D eigenvalue weighted by molar-refractivity contribution is 5.76. The summed E-state index contributed by atoms with van der Waals surface area (Å²) >= 11 is 0. The van der Waals surface area contributed by atoms with E-state index in [1.54, 1.807) is 12.1 Å². The van der Waals surface area contributed by atoms with Crippen LogP contribution in [0.5, 0.6) is 0 Å². The Labute approximate surface area is 118 Å². The van der Waals surface area contributed by atoms with Crippen molar-refractivity contribution in [2.75, 3.05) is 26.2 Å². The number of benzene rings is 1. The van der Waals surface area contributed by atoms with Gasteiger partial charge >= 0.3 is 5.97 Å². The average Bonchev–Trinajstić information content (AvgIpc) is 2.47. The van der Waals surface area contributed by atoms with Gasteiger partial charge in [-0.1, -0.05) is 12.1 Å². The molecule has 1 aliphatic rings. The van der Waals surface area contributed by atoms with Crippen molar-refractivity contribution in [1.29, 1.82) is 0 Å². The maximum Gasteiger partial charge on any atom is 0.324 e. The predicted octanol–water partition coefficient (Wildman–Crippen LogP) is 1.72. The molecule has 0 saturated carbocycles. The Kier molecular flexibility index (Phi) is 5.09. The van der Waals surface area contributed by atoms with E-state index in [1.165, 1.54) is 12.1 Å². The summed E-state index contributed by atoms with van der Waals surface area (Å²) < 4.78 is 18.1. The van der Waals surface area contributed by atoms with Gasteiger partial charge in [-0.3, -0.25) is 9.69 Å². The van der Waals surface area contributed by atoms with Crippen molar-refractivity contribution < 1.29 is 13.9 Å². The molecule has 0 aliphatic carbocycles. The molecule has 0 aromatic heterocycles. The molecule has 0 amide bonds. The first-order valence-electron chi connectivity index (χ1n) is 7.02. The quantitative estimate of drug-likeness (QED) is 0.853. The van der Waals surface area contributed by atoms with Crippen LogP contribution >= 0.6 is 0 Å². The summed E-state index contributed by atoms with van der Waals surface area (Å²) in [5.74, 6) is -0.447. The molecular weight excluding hydrogens is 259 g/mol. The third-order valence-corrected chi connectivity index (χ3v) is 3.69. The Morgan fingerprint density at radius 3 is 2.85 bits per heavy atom. The van der Waals surface area contributed by atoms with E-state index in [1.807, 2.05) is 13.8 Å². The Balaban J connectivity index is 2.14. The monoisotopic (exact) mass is 280 g/mol. The van der Waals surface area contributed by atoms with Crippen LogP contribution in [0.2, 0.25) is 0 Å². The molecule has 0 radical (unpaired) electrons. The van der Waals surface area contributed by atoms with Gasteiger partial charge < -0.3 is 10.1 Å². The molecule has 5 heteroatoms. The number of carbonyl (C=O) groups excluding carboxylic acids is 1. The van der Waals surface area contributed by atoms with Crippen molar-refractivity contribution in [2.45, 2.75) is 25.9 Å². The van der Waals surface area contributed by atoms with Crippen LogP contribution in [0.25, 0.3) is 0 Å². The van der Waals surface area contributed by atoms with Crippen LogP contribution in [0.15, 0.2) is 24.3 Å². The number of nitrogens with one attached hydrogen (secondary N) is 1. The third kappa shape index (κ3) is 3.35. The summed E-state index contributed by atoms with van der Waals surface area (Å²) in [4.78, 5) is 14.1. The molecule has 0 bridgehead atoms. The van der Waals surface area contributed by atoms with Gasteiger partial charge in [0.2, 0.25) is 0 Å². The van der Waals surface area contributed by atoms with Crippen LogP contribution in [0.1, 0.15) is 25.5 Å². The molecular formula is C15H21FN2O2. The minimum absolute atomic E-state index is 0.0482. The molecule has 4 nitrogen and oxygen atoms in total. The molecule has 1 N–H and O–H groups in total. The number of hydrogen-bond acceptors (Lipinski definition) is 4. The Morgan fingerprint density at radius 1 is 1.50 bits per heavy atom. The van der Waals surface area contributed by atoms with E-state index in [2.05, 4.69) is 10.2 Å². The van der Waals surface area contributed by atoms with Gasteiger partial charge in [0.05, 0.1) is 6.61 Å². The molecule has 1 saturated heterocycles. The van der Waals surface area contributed by atoms with Crippen LogP contribution in [0.3, 0.4) is 0 Å². The van der Waals surface area contributed by atoms with Gasteiger partial charge in [-0.05, 0) is 31.5 Å². The average molecular weight is 280 g/mol. The second-order valence-corrected chi connectivity index (χ2v) is 4.94. The second kappa shape index (κ2) is 6.81. The molecule has 0 spiro atoms. The highest BCUT2D eigenvalue weighted by atomic mass is 19.1. The summed E-state index contributed by atoms with van der Waals surface area (Å²) in [5, 5.41) is 3.22. The van der Waals surface area contributed by atoms with Gasteiger partial charge in [-0.15, -0.1) is 0 Å². The number of ether oxygens (including phenoxy) is 1.